The number of nitrogens with one attached hydrogen (secondary N) is 2. The number of rotatable bonds is 8. The third kappa shape index (κ3) is 5.90. The molecule has 25 heavy (non-hydrogen) atoms. The first-order chi connectivity index (χ1) is 11.9. The summed E-state index contributed by atoms with van der Waals surface area (Å²) in [5.41, 5.74) is 2.30. The third-order valence-corrected chi connectivity index (χ3v) is 5.16. The molecule has 0 saturated carbocycles. The van der Waals surface area contributed by atoms with Crippen molar-refractivity contribution in [3.05, 3.63) is 54.1 Å². The Bertz CT molecular complexity index is 798. The summed E-state index contributed by atoms with van der Waals surface area (Å²) >= 11 is 0. The van der Waals surface area contributed by atoms with Gasteiger partial charge in [-0.15, -0.1) is 0 Å². The van der Waals surface area contributed by atoms with Crippen molar-refractivity contribution < 1.29 is 13.2 Å². The van der Waals surface area contributed by atoms with Crippen LogP contribution in [0, 0.1) is 0 Å². The number of aryl methyl sites for hydroxylation is 1. The van der Waals surface area contributed by atoms with Gasteiger partial charge in [-0.2, -0.15) is 0 Å². The first kappa shape index (κ1) is 19.0. The van der Waals surface area contributed by atoms with Crippen LogP contribution in [0.25, 0.3) is 0 Å². The molecule has 0 fully saturated rings. The maximum absolute atomic E-state index is 12.4. The highest BCUT2D eigenvalue weighted by molar-refractivity contribution is 7.92. The number of unbranched alkanes of at least 4 members (excludes halogenated alkanes) is 2. The molecule has 0 aliphatic heterocycles. The zero-order valence-electron chi connectivity index (χ0n) is 14.6. The highest BCUT2D eigenvalue weighted by atomic mass is 32.2. The average Bonchev–Trinajstić information content (AvgIpc) is 2.56. The van der Waals surface area contributed by atoms with Crippen molar-refractivity contribution in [2.24, 2.45) is 0 Å². The van der Waals surface area contributed by atoms with Crippen LogP contribution in [0.4, 0.5) is 11.4 Å². The Balaban J connectivity index is 2.03. The molecule has 0 aromatic heterocycles. The Morgan fingerprint density at radius 3 is 2.08 bits per heavy atom. The van der Waals surface area contributed by atoms with E-state index in [1.165, 1.54) is 37.5 Å². The summed E-state index contributed by atoms with van der Waals surface area (Å²) in [6, 6.07) is 13.5. The van der Waals surface area contributed by atoms with Gasteiger partial charge in [-0.05, 0) is 54.8 Å². The van der Waals surface area contributed by atoms with Crippen LogP contribution in [0.3, 0.4) is 0 Å². The molecule has 134 valence electrons. The first-order valence-corrected chi connectivity index (χ1v) is 9.88. The van der Waals surface area contributed by atoms with Gasteiger partial charge >= 0.3 is 0 Å². The van der Waals surface area contributed by atoms with E-state index in [0.29, 0.717) is 11.4 Å². The normalized spacial score (nSPS) is 11.1. The van der Waals surface area contributed by atoms with E-state index < -0.39 is 10.0 Å². The number of hydrogen-bond donors (Lipinski definition) is 2. The molecule has 0 heterocycles. The fraction of sp³-hybridized carbons (Fsp3) is 0.316. The third-order valence-electron chi connectivity index (χ3n) is 3.76. The van der Waals surface area contributed by atoms with Gasteiger partial charge in [0.2, 0.25) is 5.91 Å². The fourth-order valence-corrected chi connectivity index (χ4v) is 3.51. The standard InChI is InChI=1S/C19H24N2O3S/c1-3-4-5-6-16-7-9-18(10-8-16)21-25(23,24)19-13-11-17(12-14-19)20-15(2)22/h7-14,21H,3-6H2,1-2H3,(H,20,22). The second-order valence-electron chi connectivity index (χ2n) is 5.97. The zero-order valence-corrected chi connectivity index (χ0v) is 15.4. The Morgan fingerprint density at radius 2 is 1.52 bits per heavy atom. The van der Waals surface area contributed by atoms with Gasteiger partial charge in [0, 0.05) is 18.3 Å². The predicted molar refractivity (Wildman–Crippen MR) is 101 cm³/mol. The summed E-state index contributed by atoms with van der Waals surface area (Å²) in [7, 11) is -3.66. The lowest BCUT2D eigenvalue weighted by Crippen LogP contribution is -2.13. The Kier molecular flexibility index (Phi) is 6.58. The van der Waals surface area contributed by atoms with Gasteiger partial charge < -0.3 is 5.32 Å². The number of carbonyl (C=O) groups excluding carboxylic acids is 1. The topological polar surface area (TPSA) is 75.3 Å². The van der Waals surface area contributed by atoms with Crippen molar-refractivity contribution in [2.45, 2.75) is 44.4 Å². The zero-order chi connectivity index (χ0) is 18.3. The highest BCUT2D eigenvalue weighted by Gasteiger charge is 2.14. The van der Waals surface area contributed by atoms with Gasteiger partial charge in [0.25, 0.3) is 10.0 Å². The first-order valence-electron chi connectivity index (χ1n) is 8.40. The molecule has 0 bridgehead atoms. The minimum Gasteiger partial charge on any atom is -0.326 e. The monoisotopic (exact) mass is 360 g/mol. The van der Waals surface area contributed by atoms with Gasteiger partial charge in [-0.1, -0.05) is 31.9 Å². The maximum atomic E-state index is 12.4. The van der Waals surface area contributed by atoms with E-state index in [4.69, 9.17) is 0 Å². The quantitative estimate of drug-likeness (QED) is 0.694. The van der Waals surface area contributed by atoms with Crippen LogP contribution >= 0.6 is 0 Å². The van der Waals surface area contributed by atoms with Crippen LogP contribution in [0.2, 0.25) is 0 Å². The van der Waals surface area contributed by atoms with E-state index in [9.17, 15) is 13.2 Å². The molecular weight excluding hydrogens is 336 g/mol. The SMILES string of the molecule is CCCCCc1ccc(NS(=O)(=O)c2ccc(NC(C)=O)cc2)cc1. The van der Waals surface area contributed by atoms with E-state index in [1.54, 1.807) is 24.3 Å². The molecule has 5 nitrogen and oxygen atoms in total. The molecule has 2 rings (SSSR count). The lowest BCUT2D eigenvalue weighted by atomic mass is 10.1. The minimum absolute atomic E-state index is 0.147. The van der Waals surface area contributed by atoms with Crippen LogP contribution in [-0.4, -0.2) is 14.3 Å². The number of amides is 1. The summed E-state index contributed by atoms with van der Waals surface area (Å²) in [5, 5.41) is 2.61. The lowest BCUT2D eigenvalue weighted by molar-refractivity contribution is -0.114. The molecule has 0 spiro atoms. The molecule has 1 amide bonds. The van der Waals surface area contributed by atoms with Gasteiger partial charge in [0.1, 0.15) is 0 Å². The van der Waals surface area contributed by atoms with Crippen molar-refractivity contribution >= 4 is 27.3 Å². The molecule has 0 aliphatic carbocycles. The summed E-state index contributed by atoms with van der Waals surface area (Å²) < 4.78 is 27.4. The number of benzene rings is 2. The van der Waals surface area contributed by atoms with Crippen LogP contribution in [0.5, 0.6) is 0 Å². The molecule has 0 unspecified atom stereocenters. The smallest absolute Gasteiger partial charge is 0.261 e. The molecule has 2 N–H and O–H groups in total. The summed E-state index contributed by atoms with van der Waals surface area (Å²) in [5.74, 6) is -0.201. The molecular formula is C19H24N2O3S. The molecule has 2 aromatic rings. The summed E-state index contributed by atoms with van der Waals surface area (Å²) in [4.78, 5) is 11.2. The van der Waals surface area contributed by atoms with Crippen molar-refractivity contribution in [1.82, 2.24) is 0 Å². The van der Waals surface area contributed by atoms with Crippen LogP contribution in [0.1, 0.15) is 38.7 Å². The fourth-order valence-electron chi connectivity index (χ4n) is 2.45. The molecule has 6 heteroatoms. The van der Waals surface area contributed by atoms with Crippen LogP contribution in [0.15, 0.2) is 53.4 Å². The highest BCUT2D eigenvalue weighted by Crippen LogP contribution is 2.19. The number of carbonyl (C=O) groups is 1. The number of hydrogen-bond acceptors (Lipinski definition) is 3. The van der Waals surface area contributed by atoms with Gasteiger partial charge in [-0.3, -0.25) is 9.52 Å². The van der Waals surface area contributed by atoms with Crippen molar-refractivity contribution in [2.75, 3.05) is 10.0 Å². The van der Waals surface area contributed by atoms with Gasteiger partial charge in [0.05, 0.1) is 4.90 Å². The number of sulfonamides is 1. The van der Waals surface area contributed by atoms with Crippen LogP contribution in [-0.2, 0) is 21.2 Å². The molecule has 0 radical (unpaired) electrons. The Morgan fingerprint density at radius 1 is 0.920 bits per heavy atom. The number of anilines is 2. The largest absolute Gasteiger partial charge is 0.326 e. The van der Waals surface area contributed by atoms with Crippen molar-refractivity contribution in [3.8, 4) is 0 Å². The maximum Gasteiger partial charge on any atom is 0.261 e. The summed E-state index contributed by atoms with van der Waals surface area (Å²) in [6.07, 6.45) is 4.52. The van der Waals surface area contributed by atoms with Crippen molar-refractivity contribution in [1.29, 1.82) is 0 Å². The second-order valence-corrected chi connectivity index (χ2v) is 7.65. The van der Waals surface area contributed by atoms with Gasteiger partial charge in [0.15, 0.2) is 0 Å². The second kappa shape index (κ2) is 8.67. The van der Waals surface area contributed by atoms with E-state index in [1.807, 2.05) is 12.1 Å². The minimum atomic E-state index is -3.66. The average molecular weight is 360 g/mol. The molecule has 0 atom stereocenters. The van der Waals surface area contributed by atoms with E-state index >= 15 is 0 Å². The lowest BCUT2D eigenvalue weighted by Gasteiger charge is -2.10. The molecule has 0 aliphatic rings. The summed E-state index contributed by atoms with van der Waals surface area (Å²) in [6.45, 7) is 3.57. The van der Waals surface area contributed by atoms with Crippen molar-refractivity contribution in [3.63, 3.8) is 0 Å². The van der Waals surface area contributed by atoms with E-state index in [2.05, 4.69) is 17.0 Å². The predicted octanol–water partition coefficient (Wildman–Crippen LogP) is 4.18. The Hall–Kier alpha value is -2.34. The van der Waals surface area contributed by atoms with E-state index in [-0.39, 0.29) is 10.8 Å². The van der Waals surface area contributed by atoms with Gasteiger partial charge in [-0.25, -0.2) is 8.42 Å². The Labute approximate surface area is 149 Å². The molecule has 0 saturated heterocycles. The van der Waals surface area contributed by atoms with Crippen LogP contribution < -0.4 is 10.0 Å². The molecule has 2 aromatic carbocycles. The van der Waals surface area contributed by atoms with E-state index in [0.717, 1.165) is 12.8 Å².